The average Bonchev–Trinajstić information content (AvgIpc) is 2.82. The van der Waals surface area contributed by atoms with E-state index in [1.54, 1.807) is 42.5 Å². The number of sulfonamides is 1. The molecule has 3 aromatic rings. The van der Waals surface area contributed by atoms with Crippen molar-refractivity contribution in [1.82, 2.24) is 5.32 Å². The number of hydrogen-bond donors (Lipinski definition) is 1. The lowest BCUT2D eigenvalue weighted by atomic mass is 9.89. The first-order valence-electron chi connectivity index (χ1n) is 11.5. The van der Waals surface area contributed by atoms with E-state index in [-0.39, 0.29) is 24.1 Å². The van der Waals surface area contributed by atoms with Crippen LogP contribution in [0.3, 0.4) is 0 Å². The van der Waals surface area contributed by atoms with Crippen molar-refractivity contribution in [3.05, 3.63) is 100 Å². The van der Waals surface area contributed by atoms with Crippen molar-refractivity contribution in [3.8, 4) is 0 Å². The van der Waals surface area contributed by atoms with E-state index in [2.05, 4.69) is 23.5 Å². The number of fused-ring (bicyclic) bond motifs is 1. The van der Waals surface area contributed by atoms with E-state index in [4.69, 9.17) is 0 Å². The van der Waals surface area contributed by atoms with Crippen LogP contribution in [-0.2, 0) is 29.4 Å². The molecule has 0 radical (unpaired) electrons. The van der Waals surface area contributed by atoms with E-state index in [0.717, 1.165) is 29.0 Å². The van der Waals surface area contributed by atoms with Gasteiger partial charge >= 0.3 is 0 Å². The van der Waals surface area contributed by atoms with Gasteiger partial charge < -0.3 is 5.32 Å². The summed E-state index contributed by atoms with van der Waals surface area (Å²) in [6.07, 6.45) is 5.70. The fourth-order valence-corrected chi connectivity index (χ4v) is 5.22. The zero-order chi connectivity index (χ0) is 24.3. The Morgan fingerprint density at radius 1 is 1.00 bits per heavy atom. The molecule has 0 fully saturated rings. The fourth-order valence-electron chi connectivity index (χ4n) is 4.35. The first-order chi connectivity index (χ1) is 16.2. The summed E-state index contributed by atoms with van der Waals surface area (Å²) in [7, 11) is -3.66. The molecule has 1 aliphatic carbocycles. The van der Waals surface area contributed by atoms with Gasteiger partial charge in [-0.1, -0.05) is 36.4 Å². The Kier molecular flexibility index (Phi) is 7.03. The molecular weight excluding hydrogens is 451 g/mol. The molecule has 0 aliphatic heterocycles. The molecule has 0 heterocycles. The number of nitrogens with one attached hydrogen (secondary N) is 1. The third-order valence-electron chi connectivity index (χ3n) is 6.31. The molecule has 34 heavy (non-hydrogen) atoms. The average molecular weight is 481 g/mol. The van der Waals surface area contributed by atoms with Crippen LogP contribution in [-0.4, -0.2) is 20.6 Å². The summed E-state index contributed by atoms with van der Waals surface area (Å²) in [5.74, 6) is -0.708. The number of nitrogens with zero attached hydrogens (tertiary/aromatic N) is 1. The van der Waals surface area contributed by atoms with Gasteiger partial charge in [0.25, 0.3) is 5.91 Å². The zero-order valence-corrected chi connectivity index (χ0v) is 20.2. The fraction of sp³-hybridized carbons (Fsp3) is 0.296. The Morgan fingerprint density at radius 2 is 1.68 bits per heavy atom. The van der Waals surface area contributed by atoms with Gasteiger partial charge in [-0.3, -0.25) is 9.10 Å². The predicted octanol–water partition coefficient (Wildman–Crippen LogP) is 5.16. The Balaban J connectivity index is 1.48. The van der Waals surface area contributed by atoms with Crippen LogP contribution in [0.5, 0.6) is 0 Å². The predicted molar refractivity (Wildman–Crippen MR) is 133 cm³/mol. The lowest BCUT2D eigenvalue weighted by Gasteiger charge is -2.23. The van der Waals surface area contributed by atoms with Crippen LogP contribution < -0.4 is 9.62 Å². The van der Waals surface area contributed by atoms with Crippen LogP contribution in [0.15, 0.2) is 66.7 Å². The van der Waals surface area contributed by atoms with Crippen LogP contribution in [0.25, 0.3) is 0 Å². The maximum absolute atomic E-state index is 14.1. The number of aryl methyl sites for hydroxylation is 2. The topological polar surface area (TPSA) is 66.5 Å². The number of rotatable bonds is 7. The largest absolute Gasteiger partial charge is 0.346 e. The van der Waals surface area contributed by atoms with Gasteiger partial charge in [-0.25, -0.2) is 12.8 Å². The van der Waals surface area contributed by atoms with E-state index in [9.17, 15) is 17.6 Å². The van der Waals surface area contributed by atoms with Crippen LogP contribution in [0.1, 0.15) is 58.4 Å². The van der Waals surface area contributed by atoms with E-state index in [1.165, 1.54) is 30.0 Å². The summed E-state index contributed by atoms with van der Waals surface area (Å²) in [5, 5.41) is 3.03. The monoisotopic (exact) mass is 480 g/mol. The van der Waals surface area contributed by atoms with Crippen molar-refractivity contribution in [2.24, 2.45) is 0 Å². The van der Waals surface area contributed by atoms with E-state index >= 15 is 0 Å². The molecule has 0 bridgehead atoms. The van der Waals surface area contributed by atoms with Crippen molar-refractivity contribution < 1.29 is 17.6 Å². The van der Waals surface area contributed by atoms with Gasteiger partial charge in [0, 0.05) is 11.1 Å². The smallest absolute Gasteiger partial charge is 0.251 e. The number of anilines is 1. The van der Waals surface area contributed by atoms with Gasteiger partial charge in [-0.05, 0) is 79.6 Å². The number of carbonyl (C=O) groups excluding carboxylic acids is 1. The van der Waals surface area contributed by atoms with E-state index < -0.39 is 15.8 Å². The second-order valence-electron chi connectivity index (χ2n) is 8.84. The molecule has 5 nitrogen and oxygen atoms in total. The number of halogens is 1. The third kappa shape index (κ3) is 5.47. The van der Waals surface area contributed by atoms with Crippen LogP contribution in [0.2, 0.25) is 0 Å². The standard InChI is InChI=1S/C27H29FN2O3S/c1-19(22-12-11-20-7-3-4-8-23(20)17-22)29-27(31)21-13-15-25(16-14-21)30(34(2,32)33)18-24-9-5-6-10-26(24)28/h5-6,9-17,19H,3-4,7-8,18H2,1-2H3,(H,29,31)/t19-/m1/s1. The molecule has 1 aliphatic rings. The highest BCUT2D eigenvalue weighted by Crippen LogP contribution is 2.26. The minimum Gasteiger partial charge on any atom is -0.346 e. The highest BCUT2D eigenvalue weighted by Gasteiger charge is 2.20. The van der Waals surface area contributed by atoms with Crippen LogP contribution in [0, 0.1) is 5.82 Å². The van der Waals surface area contributed by atoms with Gasteiger partial charge in [0.05, 0.1) is 24.5 Å². The normalized spacial score (nSPS) is 14.2. The molecule has 0 saturated heterocycles. The molecule has 0 saturated carbocycles. The minimum absolute atomic E-state index is 0.133. The maximum atomic E-state index is 14.1. The highest BCUT2D eigenvalue weighted by atomic mass is 32.2. The highest BCUT2D eigenvalue weighted by molar-refractivity contribution is 7.92. The Bertz CT molecular complexity index is 1290. The van der Waals surface area contributed by atoms with Crippen molar-refractivity contribution >= 4 is 21.6 Å². The van der Waals surface area contributed by atoms with Crippen molar-refractivity contribution in [3.63, 3.8) is 0 Å². The molecule has 178 valence electrons. The summed E-state index contributed by atoms with van der Waals surface area (Å²) in [6, 6.07) is 18.7. The van der Waals surface area contributed by atoms with Gasteiger partial charge in [0.15, 0.2) is 0 Å². The molecular formula is C27H29FN2O3S. The number of hydrogen-bond acceptors (Lipinski definition) is 3. The molecule has 0 aromatic heterocycles. The lowest BCUT2D eigenvalue weighted by Crippen LogP contribution is -2.30. The summed E-state index contributed by atoms with van der Waals surface area (Å²) in [4.78, 5) is 12.8. The zero-order valence-electron chi connectivity index (χ0n) is 19.4. The van der Waals surface area contributed by atoms with Crippen molar-refractivity contribution in [1.29, 1.82) is 0 Å². The minimum atomic E-state index is -3.66. The summed E-state index contributed by atoms with van der Waals surface area (Å²) in [5.41, 5.74) is 4.89. The first-order valence-corrected chi connectivity index (χ1v) is 13.3. The van der Waals surface area contributed by atoms with E-state index in [1.807, 2.05) is 6.92 Å². The summed E-state index contributed by atoms with van der Waals surface area (Å²) < 4.78 is 40.0. The SMILES string of the molecule is C[C@@H](NC(=O)c1ccc(N(Cc2ccccc2F)S(C)(=O)=O)cc1)c1ccc2c(c1)CCCC2. The second kappa shape index (κ2) is 9.97. The van der Waals surface area contributed by atoms with Crippen LogP contribution in [0.4, 0.5) is 10.1 Å². The Hall–Kier alpha value is -3.19. The van der Waals surface area contributed by atoms with E-state index in [0.29, 0.717) is 11.3 Å². The van der Waals surface area contributed by atoms with Gasteiger partial charge in [-0.15, -0.1) is 0 Å². The molecule has 1 amide bonds. The lowest BCUT2D eigenvalue weighted by molar-refractivity contribution is 0.0940. The van der Waals surface area contributed by atoms with Gasteiger partial charge in [0.2, 0.25) is 10.0 Å². The van der Waals surface area contributed by atoms with Crippen molar-refractivity contribution in [2.75, 3.05) is 10.6 Å². The van der Waals surface area contributed by atoms with Crippen LogP contribution >= 0.6 is 0 Å². The molecule has 7 heteroatoms. The van der Waals surface area contributed by atoms with Gasteiger partial charge in [-0.2, -0.15) is 0 Å². The quantitative estimate of drug-likeness (QED) is 0.508. The van der Waals surface area contributed by atoms with Crippen molar-refractivity contribution in [2.45, 2.75) is 45.2 Å². The molecule has 1 atom stereocenters. The summed E-state index contributed by atoms with van der Waals surface area (Å²) >= 11 is 0. The Morgan fingerprint density at radius 3 is 2.35 bits per heavy atom. The molecule has 4 rings (SSSR count). The number of carbonyl (C=O) groups is 1. The third-order valence-corrected chi connectivity index (χ3v) is 7.45. The first kappa shape index (κ1) is 24.0. The molecule has 3 aromatic carbocycles. The molecule has 1 N–H and O–H groups in total. The molecule has 0 unspecified atom stereocenters. The summed E-state index contributed by atoms with van der Waals surface area (Å²) in [6.45, 7) is 1.82. The number of benzene rings is 3. The number of amides is 1. The second-order valence-corrected chi connectivity index (χ2v) is 10.7. The maximum Gasteiger partial charge on any atom is 0.251 e. The van der Waals surface area contributed by atoms with Gasteiger partial charge in [0.1, 0.15) is 5.82 Å². The molecule has 0 spiro atoms. The Labute approximate surface area is 200 Å².